The molecule has 2 N–H and O–H groups in total. The highest BCUT2D eigenvalue weighted by Crippen LogP contribution is 2.38. The Bertz CT molecular complexity index is 250. The molecule has 1 fully saturated rings. The molecule has 1 aliphatic carbocycles. The predicted octanol–water partition coefficient (Wildman–Crippen LogP) is 2.41. The molecule has 1 saturated carbocycles. The zero-order valence-corrected chi connectivity index (χ0v) is 13.8. The van der Waals surface area contributed by atoms with E-state index in [4.69, 9.17) is 5.73 Å². The Morgan fingerprint density at radius 1 is 1.21 bits per heavy atom. The van der Waals surface area contributed by atoms with E-state index < -0.39 is 0 Å². The minimum absolute atomic E-state index is 0.413. The van der Waals surface area contributed by atoms with Gasteiger partial charge in [-0.2, -0.15) is 0 Å². The highest BCUT2D eigenvalue weighted by atomic mass is 15.1. The van der Waals surface area contributed by atoms with Gasteiger partial charge >= 0.3 is 0 Å². The zero-order chi connectivity index (χ0) is 14.5. The van der Waals surface area contributed by atoms with Crippen molar-refractivity contribution in [1.29, 1.82) is 0 Å². The van der Waals surface area contributed by atoms with Crippen molar-refractivity contribution in [2.24, 2.45) is 17.1 Å². The Morgan fingerprint density at radius 2 is 1.89 bits per heavy atom. The lowest BCUT2D eigenvalue weighted by Crippen LogP contribution is -2.45. The second-order valence-electron chi connectivity index (χ2n) is 7.38. The molecular weight excluding hydrogens is 234 g/mol. The van der Waals surface area contributed by atoms with Crippen LogP contribution in [0.25, 0.3) is 0 Å². The van der Waals surface area contributed by atoms with Crippen molar-refractivity contribution in [3.63, 3.8) is 0 Å². The third kappa shape index (κ3) is 6.24. The molecule has 0 radical (unpaired) electrons. The summed E-state index contributed by atoms with van der Waals surface area (Å²) in [5, 5.41) is 0. The van der Waals surface area contributed by atoms with Crippen LogP contribution < -0.4 is 5.73 Å². The fraction of sp³-hybridized carbons (Fsp3) is 1.00. The van der Waals surface area contributed by atoms with E-state index in [2.05, 4.69) is 44.7 Å². The quantitative estimate of drug-likeness (QED) is 0.770. The van der Waals surface area contributed by atoms with Gasteiger partial charge < -0.3 is 15.5 Å². The summed E-state index contributed by atoms with van der Waals surface area (Å²) in [6, 6.07) is 0.413. The van der Waals surface area contributed by atoms with Gasteiger partial charge in [0.05, 0.1) is 0 Å². The van der Waals surface area contributed by atoms with Crippen LogP contribution in [0.2, 0.25) is 0 Å². The van der Waals surface area contributed by atoms with E-state index in [1.807, 2.05) is 0 Å². The lowest BCUT2D eigenvalue weighted by Gasteiger charge is -2.41. The molecular formula is C16H35N3. The van der Waals surface area contributed by atoms with Gasteiger partial charge in [-0.15, -0.1) is 0 Å². The molecule has 2 unspecified atom stereocenters. The summed E-state index contributed by atoms with van der Waals surface area (Å²) < 4.78 is 0. The molecule has 1 rings (SSSR count). The van der Waals surface area contributed by atoms with E-state index in [1.165, 1.54) is 45.3 Å². The van der Waals surface area contributed by atoms with Gasteiger partial charge in [0.1, 0.15) is 0 Å². The maximum Gasteiger partial charge on any atom is 0.00797 e. The Hall–Kier alpha value is -0.120. The van der Waals surface area contributed by atoms with Crippen LogP contribution in [0.1, 0.15) is 46.5 Å². The number of hydrogen-bond donors (Lipinski definition) is 1. The second-order valence-corrected chi connectivity index (χ2v) is 7.38. The summed E-state index contributed by atoms with van der Waals surface area (Å²) >= 11 is 0. The summed E-state index contributed by atoms with van der Waals surface area (Å²) in [7, 11) is 4.30. The molecule has 0 aromatic rings. The molecule has 1 aliphatic rings. The topological polar surface area (TPSA) is 32.5 Å². The highest BCUT2D eigenvalue weighted by molar-refractivity contribution is 4.88. The van der Waals surface area contributed by atoms with E-state index in [1.54, 1.807) is 0 Å². The Kier molecular flexibility index (Phi) is 6.78. The number of nitrogens with two attached hydrogens (primary N) is 1. The van der Waals surface area contributed by atoms with Gasteiger partial charge in [0, 0.05) is 12.6 Å². The molecule has 0 heterocycles. The van der Waals surface area contributed by atoms with E-state index in [-0.39, 0.29) is 0 Å². The fourth-order valence-electron chi connectivity index (χ4n) is 3.28. The summed E-state index contributed by atoms with van der Waals surface area (Å²) in [6.45, 7) is 11.8. The molecule has 19 heavy (non-hydrogen) atoms. The molecule has 0 aliphatic heterocycles. The van der Waals surface area contributed by atoms with E-state index >= 15 is 0 Å². The van der Waals surface area contributed by atoms with E-state index in [9.17, 15) is 0 Å². The smallest absolute Gasteiger partial charge is 0.00797 e. The molecule has 3 nitrogen and oxygen atoms in total. The minimum atomic E-state index is 0.413. The summed E-state index contributed by atoms with van der Waals surface area (Å²) in [4.78, 5) is 4.86. The van der Waals surface area contributed by atoms with Gasteiger partial charge in [-0.05, 0) is 70.7 Å². The molecule has 2 atom stereocenters. The minimum Gasteiger partial charge on any atom is -0.327 e. The molecule has 0 spiro atoms. The number of hydrogen-bond acceptors (Lipinski definition) is 3. The predicted molar refractivity (Wildman–Crippen MR) is 84.4 cm³/mol. The molecule has 0 aromatic carbocycles. The van der Waals surface area contributed by atoms with Crippen molar-refractivity contribution >= 4 is 0 Å². The number of nitrogens with zero attached hydrogens (tertiary/aromatic N) is 2. The number of rotatable bonds is 7. The molecule has 0 amide bonds. The first-order valence-corrected chi connectivity index (χ1v) is 7.96. The summed E-state index contributed by atoms with van der Waals surface area (Å²) in [5.41, 5.74) is 6.83. The molecule has 114 valence electrons. The van der Waals surface area contributed by atoms with Gasteiger partial charge in [0.15, 0.2) is 0 Å². The largest absolute Gasteiger partial charge is 0.327 e. The lowest BCUT2D eigenvalue weighted by atomic mass is 9.70. The van der Waals surface area contributed by atoms with Crippen LogP contribution in [0.5, 0.6) is 0 Å². The Labute approximate surface area is 120 Å². The normalized spacial score (nSPS) is 27.2. The van der Waals surface area contributed by atoms with Gasteiger partial charge in [0.25, 0.3) is 0 Å². The Morgan fingerprint density at radius 3 is 2.47 bits per heavy atom. The first-order chi connectivity index (χ1) is 8.84. The van der Waals surface area contributed by atoms with Crippen LogP contribution in [-0.4, -0.2) is 56.1 Å². The molecule has 3 heteroatoms. The van der Waals surface area contributed by atoms with Crippen molar-refractivity contribution in [3.05, 3.63) is 0 Å². The first kappa shape index (κ1) is 16.9. The van der Waals surface area contributed by atoms with Gasteiger partial charge in [0.2, 0.25) is 0 Å². The van der Waals surface area contributed by atoms with Crippen molar-refractivity contribution in [3.8, 4) is 0 Å². The van der Waals surface area contributed by atoms with Gasteiger partial charge in [-0.3, -0.25) is 0 Å². The zero-order valence-electron chi connectivity index (χ0n) is 13.8. The maximum atomic E-state index is 6.35. The Balaban J connectivity index is 2.40. The van der Waals surface area contributed by atoms with Crippen molar-refractivity contribution in [2.45, 2.75) is 52.5 Å². The standard InChI is InChI=1S/C16H35N3/c1-6-19(11-7-10-18(4)5)13-14-12-16(2,3)9-8-15(14)17/h14-15H,6-13,17H2,1-5H3. The molecule has 0 aromatic heterocycles. The van der Waals surface area contributed by atoms with Crippen LogP contribution >= 0.6 is 0 Å². The van der Waals surface area contributed by atoms with Crippen LogP contribution in [-0.2, 0) is 0 Å². The lowest BCUT2D eigenvalue weighted by molar-refractivity contribution is 0.115. The van der Waals surface area contributed by atoms with Gasteiger partial charge in [-0.25, -0.2) is 0 Å². The second kappa shape index (κ2) is 7.61. The fourth-order valence-corrected chi connectivity index (χ4v) is 3.28. The monoisotopic (exact) mass is 269 g/mol. The van der Waals surface area contributed by atoms with Gasteiger partial charge in [-0.1, -0.05) is 20.8 Å². The summed E-state index contributed by atoms with van der Waals surface area (Å²) in [5.74, 6) is 0.683. The van der Waals surface area contributed by atoms with Crippen LogP contribution in [0.3, 0.4) is 0 Å². The van der Waals surface area contributed by atoms with E-state index in [0.29, 0.717) is 17.4 Å². The first-order valence-electron chi connectivity index (χ1n) is 7.96. The van der Waals surface area contributed by atoms with Crippen LogP contribution in [0, 0.1) is 11.3 Å². The van der Waals surface area contributed by atoms with Crippen LogP contribution in [0.4, 0.5) is 0 Å². The summed E-state index contributed by atoms with van der Waals surface area (Å²) in [6.07, 6.45) is 5.04. The van der Waals surface area contributed by atoms with Crippen LogP contribution in [0.15, 0.2) is 0 Å². The van der Waals surface area contributed by atoms with E-state index in [0.717, 1.165) is 6.54 Å². The van der Waals surface area contributed by atoms with Crippen molar-refractivity contribution in [1.82, 2.24) is 9.80 Å². The van der Waals surface area contributed by atoms with Crippen molar-refractivity contribution < 1.29 is 0 Å². The molecule has 0 saturated heterocycles. The highest BCUT2D eigenvalue weighted by Gasteiger charge is 2.33. The third-order valence-electron chi connectivity index (χ3n) is 4.59. The average molecular weight is 269 g/mol. The maximum absolute atomic E-state index is 6.35. The third-order valence-corrected chi connectivity index (χ3v) is 4.59. The van der Waals surface area contributed by atoms with Crippen molar-refractivity contribution in [2.75, 3.05) is 40.3 Å². The molecule has 0 bridgehead atoms. The SMILES string of the molecule is CCN(CCCN(C)C)CC1CC(C)(C)CCC1N. The average Bonchev–Trinajstić information content (AvgIpc) is 2.31.